The quantitative estimate of drug-likeness (QED) is 0.0157. The van der Waals surface area contributed by atoms with Gasteiger partial charge < -0.3 is 24.0 Å². The Hall–Kier alpha value is -2.07. The van der Waals surface area contributed by atoms with Crippen molar-refractivity contribution in [1.82, 2.24) is 0 Å². The highest BCUT2D eigenvalue weighted by Crippen LogP contribution is 2.43. The Bertz CT molecular complexity index is 1100. The molecule has 2 N–H and O–H groups in total. The van der Waals surface area contributed by atoms with Crippen molar-refractivity contribution in [2.45, 2.75) is 174 Å². The molecule has 0 heterocycles. The number of phosphoric acid groups is 1. The zero-order valence-electron chi connectivity index (χ0n) is 35.5. The zero-order chi connectivity index (χ0) is 40.9. The van der Waals surface area contributed by atoms with Gasteiger partial charge in [-0.1, -0.05) is 152 Å². The molecule has 3 atom stereocenters. The molecule has 0 aromatic carbocycles. The number of hydrogen-bond acceptors (Lipinski definition) is 8. The maximum absolute atomic E-state index is 12.7. The van der Waals surface area contributed by atoms with E-state index in [4.69, 9.17) is 18.5 Å². The van der Waals surface area contributed by atoms with Crippen LogP contribution in [0.3, 0.4) is 0 Å². The number of carbonyl (C=O) groups excluding carboxylic acids is 2. The number of nitrogens with zero attached hydrogens (tertiary/aromatic N) is 1. The van der Waals surface area contributed by atoms with E-state index in [2.05, 4.69) is 38.2 Å². The molecule has 0 saturated carbocycles. The molecule has 0 aromatic rings. The average molecular weight is 799 g/mol. The van der Waals surface area contributed by atoms with Crippen molar-refractivity contribution < 1.29 is 47.2 Å². The lowest BCUT2D eigenvalue weighted by Crippen LogP contribution is -2.37. The number of ether oxygens (including phenoxy) is 2. The lowest BCUT2D eigenvalue weighted by molar-refractivity contribution is -0.870. The van der Waals surface area contributed by atoms with Gasteiger partial charge in [-0.25, -0.2) is 4.57 Å². The summed E-state index contributed by atoms with van der Waals surface area (Å²) in [7, 11) is 1.37. The Morgan fingerprint density at radius 2 is 1.20 bits per heavy atom. The Balaban J connectivity index is 4.57. The first-order valence-corrected chi connectivity index (χ1v) is 23.0. The minimum atomic E-state index is -4.42. The van der Waals surface area contributed by atoms with Gasteiger partial charge in [-0.15, -0.1) is 0 Å². The minimum Gasteiger partial charge on any atom is -0.462 e. The van der Waals surface area contributed by atoms with Crippen LogP contribution >= 0.6 is 7.82 Å². The number of allylic oxidation sites excluding steroid dienone is 7. The predicted molar refractivity (Wildman–Crippen MR) is 226 cm³/mol. The highest BCUT2D eigenvalue weighted by molar-refractivity contribution is 7.47. The van der Waals surface area contributed by atoms with Crippen molar-refractivity contribution in [3.05, 3.63) is 48.6 Å². The fourth-order valence-corrected chi connectivity index (χ4v) is 6.27. The molecule has 0 amide bonds. The van der Waals surface area contributed by atoms with Crippen LogP contribution in [0.2, 0.25) is 0 Å². The molecule has 0 rings (SSSR count). The van der Waals surface area contributed by atoms with Crippen LogP contribution in [0.1, 0.15) is 162 Å². The number of aliphatic hydroxyl groups excluding tert-OH is 1. The summed E-state index contributed by atoms with van der Waals surface area (Å²) in [6, 6.07) is 0. The lowest BCUT2D eigenvalue weighted by atomic mass is 10.0. The summed E-state index contributed by atoms with van der Waals surface area (Å²) in [6.45, 7) is 4.16. The molecule has 0 aliphatic carbocycles. The first-order chi connectivity index (χ1) is 26.4. The molecule has 0 aromatic heterocycles. The Kier molecular flexibility index (Phi) is 34.9. The Morgan fingerprint density at radius 1 is 0.655 bits per heavy atom. The summed E-state index contributed by atoms with van der Waals surface area (Å²) in [6.07, 6.45) is 37.6. The maximum atomic E-state index is 12.7. The summed E-state index contributed by atoms with van der Waals surface area (Å²) >= 11 is 0. The van der Waals surface area contributed by atoms with Crippen molar-refractivity contribution in [3.8, 4) is 0 Å². The van der Waals surface area contributed by atoms with Crippen LogP contribution in [-0.4, -0.2) is 86.1 Å². The molecule has 320 valence electrons. The molecular formula is C44H81NO9P+. The fourth-order valence-electron chi connectivity index (χ4n) is 5.53. The normalized spacial score (nSPS) is 14.7. The second kappa shape index (κ2) is 36.3. The lowest BCUT2D eigenvalue weighted by Gasteiger charge is -2.24. The van der Waals surface area contributed by atoms with Gasteiger partial charge in [0.1, 0.15) is 19.8 Å². The maximum Gasteiger partial charge on any atom is 0.472 e. The van der Waals surface area contributed by atoms with Crippen LogP contribution in [0.5, 0.6) is 0 Å². The third kappa shape index (κ3) is 39.9. The molecule has 0 aliphatic heterocycles. The number of quaternary nitrogens is 1. The van der Waals surface area contributed by atoms with Crippen molar-refractivity contribution >= 4 is 19.8 Å². The van der Waals surface area contributed by atoms with Crippen LogP contribution in [0, 0.1) is 0 Å². The largest absolute Gasteiger partial charge is 0.472 e. The van der Waals surface area contributed by atoms with E-state index in [-0.39, 0.29) is 26.1 Å². The first kappa shape index (κ1) is 52.9. The van der Waals surface area contributed by atoms with Crippen LogP contribution in [0.4, 0.5) is 0 Å². The number of carbonyl (C=O) groups is 2. The summed E-state index contributed by atoms with van der Waals surface area (Å²) in [5.41, 5.74) is 0. The van der Waals surface area contributed by atoms with Gasteiger partial charge in [0.15, 0.2) is 6.10 Å². The van der Waals surface area contributed by atoms with E-state index in [0.717, 1.165) is 38.5 Å². The van der Waals surface area contributed by atoms with E-state index >= 15 is 0 Å². The predicted octanol–water partition coefficient (Wildman–Crippen LogP) is 10.9. The van der Waals surface area contributed by atoms with E-state index in [9.17, 15) is 24.2 Å². The number of aliphatic hydroxyl groups is 1. The van der Waals surface area contributed by atoms with Crippen LogP contribution < -0.4 is 0 Å². The van der Waals surface area contributed by atoms with Crippen LogP contribution in [0.25, 0.3) is 0 Å². The minimum absolute atomic E-state index is 0.00179. The number of hydrogen-bond donors (Lipinski definition) is 2. The van der Waals surface area contributed by atoms with E-state index < -0.39 is 38.6 Å². The number of likely N-dealkylation sites (N-methyl/N-ethyl adjacent to an activating group) is 1. The zero-order valence-corrected chi connectivity index (χ0v) is 36.4. The van der Waals surface area contributed by atoms with Crippen LogP contribution in [0.15, 0.2) is 48.6 Å². The van der Waals surface area contributed by atoms with E-state index in [1.165, 1.54) is 77.0 Å². The third-order valence-electron chi connectivity index (χ3n) is 8.97. The molecule has 10 nitrogen and oxygen atoms in total. The summed E-state index contributed by atoms with van der Waals surface area (Å²) in [5, 5.41) is 10.3. The van der Waals surface area contributed by atoms with Gasteiger partial charge in [-0.3, -0.25) is 18.6 Å². The highest BCUT2D eigenvalue weighted by atomic mass is 31.2. The SMILES string of the molecule is CCCCC/C=C\C/C=C\C/C=C\C=C\[C@@H](O)CCCC(=O)OC[C@H](COP(=O)(O)OCC[N+](C)(C)C)OC(=O)CCCCCCCCCCCCCCC. The fraction of sp³-hybridized carbons (Fsp3) is 0.773. The summed E-state index contributed by atoms with van der Waals surface area (Å²) < 4.78 is 34.1. The topological polar surface area (TPSA) is 129 Å². The van der Waals surface area contributed by atoms with Crippen molar-refractivity contribution in [3.63, 3.8) is 0 Å². The van der Waals surface area contributed by atoms with Gasteiger partial charge in [0.2, 0.25) is 0 Å². The highest BCUT2D eigenvalue weighted by Gasteiger charge is 2.27. The Morgan fingerprint density at radius 3 is 1.82 bits per heavy atom. The molecule has 0 radical (unpaired) electrons. The van der Waals surface area contributed by atoms with Crippen molar-refractivity contribution in [1.29, 1.82) is 0 Å². The van der Waals surface area contributed by atoms with Crippen molar-refractivity contribution in [2.75, 3.05) is 47.5 Å². The molecule has 11 heteroatoms. The van der Waals surface area contributed by atoms with Crippen LogP contribution in [-0.2, 0) is 32.7 Å². The van der Waals surface area contributed by atoms with Crippen molar-refractivity contribution in [2.24, 2.45) is 0 Å². The number of esters is 2. The monoisotopic (exact) mass is 799 g/mol. The van der Waals surface area contributed by atoms with Gasteiger partial charge in [0.25, 0.3) is 0 Å². The molecule has 55 heavy (non-hydrogen) atoms. The molecule has 0 fully saturated rings. The number of rotatable bonds is 38. The summed E-state index contributed by atoms with van der Waals surface area (Å²) in [5.74, 6) is -1.00. The molecule has 0 bridgehead atoms. The van der Waals surface area contributed by atoms with Gasteiger partial charge in [-0.2, -0.15) is 0 Å². The van der Waals surface area contributed by atoms with E-state index in [1.807, 2.05) is 33.3 Å². The molecular weight excluding hydrogens is 717 g/mol. The molecule has 0 aliphatic rings. The summed E-state index contributed by atoms with van der Waals surface area (Å²) in [4.78, 5) is 35.3. The second-order valence-electron chi connectivity index (χ2n) is 15.6. The first-order valence-electron chi connectivity index (χ1n) is 21.5. The van der Waals surface area contributed by atoms with Gasteiger partial charge in [-0.05, 0) is 44.9 Å². The molecule has 0 spiro atoms. The van der Waals surface area contributed by atoms with Gasteiger partial charge in [0, 0.05) is 12.8 Å². The van der Waals surface area contributed by atoms with E-state index in [1.54, 1.807) is 12.2 Å². The number of unbranched alkanes of at least 4 members (excludes halogenated alkanes) is 15. The third-order valence-corrected chi connectivity index (χ3v) is 9.95. The average Bonchev–Trinajstić information content (AvgIpc) is 3.12. The second-order valence-corrected chi connectivity index (χ2v) is 17.0. The standard InChI is InChI=1S/C44H80NO9P/c1-6-8-10-12-14-16-18-20-22-24-26-28-30-33-41(46)34-32-36-43(47)51-39-42(40-53-55(49,50)52-38-37-45(3,4)5)54-44(48)35-31-29-27-25-23-21-19-17-15-13-11-9-7-2/h14,16,20,22,26,28,30,33,41-42,46H,6-13,15,17-19,21,23-25,27,29,31-32,34-40H2,1-5H3/p+1/b16-14-,22-20-,28-26-,33-30+/t41-,42-/m1/s1. The van der Waals surface area contributed by atoms with Gasteiger partial charge >= 0.3 is 19.8 Å². The molecule has 0 saturated heterocycles. The molecule has 1 unspecified atom stereocenters. The Labute approximate surface area is 336 Å². The van der Waals surface area contributed by atoms with Gasteiger partial charge in [0.05, 0.1) is 33.9 Å². The number of phosphoric ester groups is 1. The van der Waals surface area contributed by atoms with E-state index in [0.29, 0.717) is 30.3 Å². The smallest absolute Gasteiger partial charge is 0.462 e.